The molecule has 2 N–H and O–H groups in total. The first kappa shape index (κ1) is 9.61. The average molecular weight is 196 g/mol. The largest absolute Gasteiger partial charge is 0.338 e. The van der Waals surface area contributed by atoms with Gasteiger partial charge < -0.3 is 10.3 Å². The van der Waals surface area contributed by atoms with Gasteiger partial charge in [-0.05, 0) is 25.8 Å². The highest BCUT2D eigenvalue weighted by Gasteiger charge is 2.33. The van der Waals surface area contributed by atoms with E-state index in [-0.39, 0.29) is 0 Å². The van der Waals surface area contributed by atoms with Gasteiger partial charge in [-0.2, -0.15) is 4.98 Å². The lowest BCUT2D eigenvalue weighted by Gasteiger charge is -2.25. The molecule has 0 amide bonds. The molecule has 78 valence electrons. The number of likely N-dealkylation sites (N-methyl/N-ethyl adjacent to an activating group) is 1. The van der Waals surface area contributed by atoms with E-state index in [1.54, 1.807) is 0 Å². The number of nitrogens with two attached hydrogens (primary N) is 1. The van der Waals surface area contributed by atoms with Crippen LogP contribution in [0.25, 0.3) is 0 Å². The van der Waals surface area contributed by atoms with Crippen LogP contribution in [-0.2, 0) is 6.54 Å². The maximum absolute atomic E-state index is 5.74. The molecule has 2 rings (SSSR count). The van der Waals surface area contributed by atoms with Gasteiger partial charge in [-0.3, -0.25) is 4.90 Å². The Kier molecular flexibility index (Phi) is 2.79. The Hall–Kier alpha value is -0.940. The van der Waals surface area contributed by atoms with E-state index in [1.807, 2.05) is 0 Å². The normalized spacial score (nSPS) is 18.8. The molecular formula is C9H16N4O. The predicted octanol–water partition coefficient (Wildman–Crippen LogP) is 0.239. The standard InChI is InChI=1S/C9H16N4O/c1-13(5-9-11-6-12-14-9)8(4-10)7-2-3-7/h6-8H,2-5,10H2,1H3. The lowest BCUT2D eigenvalue weighted by Crippen LogP contribution is -2.39. The second kappa shape index (κ2) is 4.06. The molecule has 1 aromatic rings. The molecule has 0 radical (unpaired) electrons. The first-order chi connectivity index (χ1) is 6.81. The van der Waals surface area contributed by atoms with Crippen molar-refractivity contribution in [3.63, 3.8) is 0 Å². The molecule has 0 spiro atoms. The van der Waals surface area contributed by atoms with E-state index >= 15 is 0 Å². The van der Waals surface area contributed by atoms with Gasteiger partial charge in [0.05, 0.1) is 6.54 Å². The van der Waals surface area contributed by atoms with E-state index in [1.165, 1.54) is 19.2 Å². The molecule has 1 aromatic heterocycles. The van der Waals surface area contributed by atoms with E-state index in [0.717, 1.165) is 5.92 Å². The van der Waals surface area contributed by atoms with Crippen LogP contribution in [0.3, 0.4) is 0 Å². The molecule has 1 heterocycles. The number of nitrogens with zero attached hydrogens (tertiary/aromatic N) is 3. The Balaban J connectivity index is 1.90. The summed E-state index contributed by atoms with van der Waals surface area (Å²) in [5, 5.41) is 3.58. The van der Waals surface area contributed by atoms with E-state index in [0.29, 0.717) is 25.0 Å². The summed E-state index contributed by atoms with van der Waals surface area (Å²) in [6, 6.07) is 0.460. The van der Waals surface area contributed by atoms with Crippen LogP contribution in [-0.4, -0.2) is 34.7 Å². The zero-order chi connectivity index (χ0) is 9.97. The van der Waals surface area contributed by atoms with Gasteiger partial charge >= 0.3 is 0 Å². The third-order valence-electron chi connectivity index (χ3n) is 2.77. The van der Waals surface area contributed by atoms with Crippen LogP contribution in [0.4, 0.5) is 0 Å². The summed E-state index contributed by atoms with van der Waals surface area (Å²) in [4.78, 5) is 6.19. The molecule has 1 atom stereocenters. The topological polar surface area (TPSA) is 68.2 Å². The van der Waals surface area contributed by atoms with Crippen molar-refractivity contribution >= 4 is 0 Å². The van der Waals surface area contributed by atoms with Gasteiger partial charge in [0.25, 0.3) is 0 Å². The molecule has 14 heavy (non-hydrogen) atoms. The summed E-state index contributed by atoms with van der Waals surface area (Å²) >= 11 is 0. The Morgan fingerprint density at radius 3 is 3.00 bits per heavy atom. The third kappa shape index (κ3) is 2.10. The summed E-state index contributed by atoms with van der Waals surface area (Å²) < 4.78 is 4.96. The van der Waals surface area contributed by atoms with Crippen LogP contribution < -0.4 is 5.73 Å². The molecule has 0 aliphatic heterocycles. The van der Waals surface area contributed by atoms with E-state index in [4.69, 9.17) is 10.3 Å². The number of hydrogen-bond donors (Lipinski definition) is 1. The highest BCUT2D eigenvalue weighted by Crippen LogP contribution is 2.34. The lowest BCUT2D eigenvalue weighted by atomic mass is 10.1. The molecule has 1 fully saturated rings. The summed E-state index contributed by atoms with van der Waals surface area (Å²) in [7, 11) is 2.06. The Labute approximate surface area is 83.3 Å². The molecule has 1 saturated carbocycles. The molecule has 5 nitrogen and oxygen atoms in total. The Morgan fingerprint density at radius 2 is 2.50 bits per heavy atom. The quantitative estimate of drug-likeness (QED) is 0.730. The smallest absolute Gasteiger partial charge is 0.240 e. The van der Waals surface area contributed by atoms with Crippen molar-refractivity contribution in [2.45, 2.75) is 25.4 Å². The molecule has 0 bridgehead atoms. The van der Waals surface area contributed by atoms with Crippen LogP contribution in [0.15, 0.2) is 10.9 Å². The zero-order valence-corrected chi connectivity index (χ0v) is 8.39. The fraction of sp³-hybridized carbons (Fsp3) is 0.778. The minimum absolute atomic E-state index is 0.460. The number of rotatable bonds is 5. The SMILES string of the molecule is CN(Cc1ncno1)C(CN)C1CC1. The zero-order valence-electron chi connectivity index (χ0n) is 8.39. The summed E-state index contributed by atoms with van der Waals surface area (Å²) in [6.07, 6.45) is 4.03. The van der Waals surface area contributed by atoms with Crippen LogP contribution in [0.1, 0.15) is 18.7 Å². The van der Waals surface area contributed by atoms with Crippen molar-refractivity contribution in [1.29, 1.82) is 0 Å². The van der Waals surface area contributed by atoms with Gasteiger partial charge in [0.15, 0.2) is 6.33 Å². The molecular weight excluding hydrogens is 180 g/mol. The van der Waals surface area contributed by atoms with Crippen LogP contribution >= 0.6 is 0 Å². The van der Waals surface area contributed by atoms with Crippen molar-refractivity contribution in [2.24, 2.45) is 11.7 Å². The molecule has 0 saturated heterocycles. The summed E-state index contributed by atoms with van der Waals surface area (Å²) in [5.74, 6) is 1.43. The van der Waals surface area contributed by atoms with Gasteiger partial charge in [0, 0.05) is 12.6 Å². The van der Waals surface area contributed by atoms with Gasteiger partial charge in [-0.25, -0.2) is 0 Å². The van der Waals surface area contributed by atoms with Crippen LogP contribution in [0.2, 0.25) is 0 Å². The van der Waals surface area contributed by atoms with Gasteiger partial charge in [-0.15, -0.1) is 0 Å². The molecule has 5 heteroatoms. The average Bonchev–Trinajstić information content (AvgIpc) is 2.86. The molecule has 1 aliphatic rings. The lowest BCUT2D eigenvalue weighted by molar-refractivity contribution is 0.189. The van der Waals surface area contributed by atoms with E-state index < -0.39 is 0 Å². The second-order valence-corrected chi connectivity index (χ2v) is 3.89. The van der Waals surface area contributed by atoms with Crippen molar-refractivity contribution in [2.75, 3.05) is 13.6 Å². The number of hydrogen-bond acceptors (Lipinski definition) is 5. The van der Waals surface area contributed by atoms with Crippen molar-refractivity contribution < 1.29 is 4.52 Å². The van der Waals surface area contributed by atoms with Crippen molar-refractivity contribution in [3.05, 3.63) is 12.2 Å². The highest BCUT2D eigenvalue weighted by molar-refractivity contribution is 4.89. The molecule has 1 unspecified atom stereocenters. The minimum Gasteiger partial charge on any atom is -0.338 e. The van der Waals surface area contributed by atoms with Crippen LogP contribution in [0, 0.1) is 5.92 Å². The first-order valence-corrected chi connectivity index (χ1v) is 4.97. The summed E-state index contributed by atoms with van der Waals surface area (Å²) in [6.45, 7) is 1.40. The summed E-state index contributed by atoms with van der Waals surface area (Å²) in [5.41, 5.74) is 5.74. The first-order valence-electron chi connectivity index (χ1n) is 4.97. The van der Waals surface area contributed by atoms with Gasteiger partial charge in [0.1, 0.15) is 0 Å². The maximum atomic E-state index is 5.74. The van der Waals surface area contributed by atoms with Gasteiger partial charge in [-0.1, -0.05) is 5.16 Å². The monoisotopic (exact) mass is 196 g/mol. The van der Waals surface area contributed by atoms with Gasteiger partial charge in [0.2, 0.25) is 5.89 Å². The molecule has 1 aliphatic carbocycles. The van der Waals surface area contributed by atoms with Crippen LogP contribution in [0.5, 0.6) is 0 Å². The Bertz CT molecular complexity index is 270. The molecule has 0 aromatic carbocycles. The number of aromatic nitrogens is 2. The second-order valence-electron chi connectivity index (χ2n) is 3.89. The third-order valence-corrected chi connectivity index (χ3v) is 2.77. The van der Waals surface area contributed by atoms with E-state index in [2.05, 4.69) is 22.1 Å². The highest BCUT2D eigenvalue weighted by atomic mass is 16.5. The van der Waals surface area contributed by atoms with Crippen molar-refractivity contribution in [3.8, 4) is 0 Å². The maximum Gasteiger partial charge on any atom is 0.240 e. The minimum atomic E-state index is 0.460. The van der Waals surface area contributed by atoms with E-state index in [9.17, 15) is 0 Å². The Morgan fingerprint density at radius 1 is 1.71 bits per heavy atom. The van der Waals surface area contributed by atoms with Crippen molar-refractivity contribution in [1.82, 2.24) is 15.0 Å². The predicted molar refractivity (Wildman–Crippen MR) is 51.3 cm³/mol. The fourth-order valence-corrected chi connectivity index (χ4v) is 1.81. The fourth-order valence-electron chi connectivity index (χ4n) is 1.81.